The highest BCUT2D eigenvalue weighted by Crippen LogP contribution is 2.36. The first-order valence-electron chi connectivity index (χ1n) is 12.8. The van der Waals surface area contributed by atoms with Gasteiger partial charge < -0.3 is 14.9 Å². The van der Waals surface area contributed by atoms with Gasteiger partial charge in [-0.2, -0.15) is 5.10 Å². The van der Waals surface area contributed by atoms with Gasteiger partial charge in [-0.1, -0.05) is 26.0 Å². The first-order valence-corrected chi connectivity index (χ1v) is 12.8. The summed E-state index contributed by atoms with van der Waals surface area (Å²) in [6.45, 7) is 12.3. The number of likely N-dealkylation sites (tertiary alicyclic amines) is 2. The van der Waals surface area contributed by atoms with Gasteiger partial charge in [0.2, 0.25) is 0 Å². The third-order valence-electron chi connectivity index (χ3n) is 7.92. The van der Waals surface area contributed by atoms with Crippen molar-refractivity contribution in [2.24, 2.45) is 17.8 Å². The molecule has 0 bridgehead atoms. The molecule has 4 rings (SSSR count). The molecule has 2 aliphatic rings. The van der Waals surface area contributed by atoms with E-state index >= 15 is 0 Å². The van der Waals surface area contributed by atoms with E-state index in [4.69, 9.17) is 0 Å². The van der Waals surface area contributed by atoms with Crippen LogP contribution in [0.1, 0.15) is 56.7 Å². The topological polar surface area (TPSA) is 61.6 Å². The molecule has 1 unspecified atom stereocenters. The highest BCUT2D eigenvalue weighted by atomic mass is 19.1. The molecule has 3 heterocycles. The van der Waals surface area contributed by atoms with E-state index in [-0.39, 0.29) is 23.6 Å². The maximum atomic E-state index is 14.1. The van der Waals surface area contributed by atoms with Crippen LogP contribution in [0.5, 0.6) is 0 Å². The van der Waals surface area contributed by atoms with E-state index < -0.39 is 5.97 Å². The highest BCUT2D eigenvalue weighted by molar-refractivity contribution is 5.70. The Balaban J connectivity index is 1.43. The molecule has 186 valence electrons. The van der Waals surface area contributed by atoms with Crippen molar-refractivity contribution in [3.63, 3.8) is 0 Å². The Kier molecular flexibility index (Phi) is 8.04. The van der Waals surface area contributed by atoms with Crippen LogP contribution in [-0.4, -0.2) is 69.9 Å². The maximum Gasteiger partial charge on any atom is 0.308 e. The molecule has 1 aromatic heterocycles. The minimum absolute atomic E-state index is 0.0831. The standard InChI is InChI=1S/C27H39FN4O2/c1-4-32-26(8-11-29-32)20-9-12-30(13-10-20)15-22-16-31(17-24(19(2)3)27(33)34)18-25(22)21-6-5-7-23(28)14-21/h5-8,11,14,19-20,22,24-25H,4,9-10,12-13,15-18H2,1-3H3,(H,33,34)/t22-,24?,25+/m0/s1. The van der Waals surface area contributed by atoms with Gasteiger partial charge >= 0.3 is 5.97 Å². The number of carboxylic acids is 1. The lowest BCUT2D eigenvalue weighted by Crippen LogP contribution is -2.39. The van der Waals surface area contributed by atoms with Gasteiger partial charge in [0.15, 0.2) is 0 Å². The van der Waals surface area contributed by atoms with Crippen LogP contribution in [0.25, 0.3) is 0 Å². The quantitative estimate of drug-likeness (QED) is 0.592. The van der Waals surface area contributed by atoms with Crippen molar-refractivity contribution in [2.45, 2.75) is 52.0 Å². The predicted octanol–water partition coefficient (Wildman–Crippen LogP) is 4.29. The van der Waals surface area contributed by atoms with E-state index in [2.05, 4.69) is 32.6 Å². The number of aliphatic carboxylic acids is 1. The molecular formula is C27H39FN4O2. The highest BCUT2D eigenvalue weighted by Gasteiger charge is 2.38. The second kappa shape index (κ2) is 11.0. The van der Waals surface area contributed by atoms with E-state index in [1.54, 1.807) is 12.1 Å². The van der Waals surface area contributed by atoms with Gasteiger partial charge in [-0.05, 0) is 68.5 Å². The van der Waals surface area contributed by atoms with Crippen LogP contribution >= 0.6 is 0 Å². The van der Waals surface area contributed by atoms with Crippen molar-refractivity contribution in [1.29, 1.82) is 0 Å². The zero-order chi connectivity index (χ0) is 24.2. The van der Waals surface area contributed by atoms with E-state index in [0.717, 1.165) is 57.7 Å². The van der Waals surface area contributed by atoms with Crippen LogP contribution in [-0.2, 0) is 11.3 Å². The molecule has 6 nitrogen and oxygen atoms in total. The summed E-state index contributed by atoms with van der Waals surface area (Å²) in [7, 11) is 0. The lowest BCUT2D eigenvalue weighted by molar-refractivity contribution is -0.143. The van der Waals surface area contributed by atoms with Crippen LogP contribution < -0.4 is 0 Å². The van der Waals surface area contributed by atoms with Crippen LogP contribution in [0, 0.1) is 23.6 Å². The van der Waals surface area contributed by atoms with Crippen LogP contribution in [0.15, 0.2) is 36.5 Å². The van der Waals surface area contributed by atoms with Gasteiger partial charge in [0.1, 0.15) is 5.82 Å². The molecule has 1 aromatic carbocycles. The van der Waals surface area contributed by atoms with Crippen molar-refractivity contribution >= 4 is 5.97 Å². The van der Waals surface area contributed by atoms with Crippen molar-refractivity contribution in [3.8, 4) is 0 Å². The van der Waals surface area contributed by atoms with Crippen molar-refractivity contribution in [3.05, 3.63) is 53.6 Å². The number of aromatic nitrogens is 2. The zero-order valence-electron chi connectivity index (χ0n) is 20.7. The molecule has 2 saturated heterocycles. The normalized spacial score (nSPS) is 23.6. The summed E-state index contributed by atoms with van der Waals surface area (Å²) in [5, 5.41) is 14.1. The van der Waals surface area contributed by atoms with E-state index in [1.165, 1.54) is 11.8 Å². The molecule has 34 heavy (non-hydrogen) atoms. The molecule has 2 aromatic rings. The van der Waals surface area contributed by atoms with Crippen molar-refractivity contribution in [2.75, 3.05) is 39.3 Å². The lowest BCUT2D eigenvalue weighted by Gasteiger charge is -2.35. The largest absolute Gasteiger partial charge is 0.481 e. The second-order valence-electron chi connectivity index (χ2n) is 10.5. The molecule has 0 radical (unpaired) electrons. The number of carbonyl (C=O) groups is 1. The van der Waals surface area contributed by atoms with Gasteiger partial charge in [0.05, 0.1) is 5.92 Å². The number of piperidine rings is 1. The number of rotatable bonds is 9. The first kappa shape index (κ1) is 24.9. The summed E-state index contributed by atoms with van der Waals surface area (Å²) >= 11 is 0. The summed E-state index contributed by atoms with van der Waals surface area (Å²) < 4.78 is 16.2. The van der Waals surface area contributed by atoms with Crippen LogP contribution in [0.4, 0.5) is 4.39 Å². The molecule has 2 fully saturated rings. The summed E-state index contributed by atoms with van der Waals surface area (Å²) in [6.07, 6.45) is 4.16. The molecule has 1 N–H and O–H groups in total. The Morgan fingerprint density at radius 2 is 1.94 bits per heavy atom. The van der Waals surface area contributed by atoms with Crippen molar-refractivity contribution < 1.29 is 14.3 Å². The van der Waals surface area contributed by atoms with E-state index in [1.807, 2.05) is 26.1 Å². The van der Waals surface area contributed by atoms with Crippen LogP contribution in [0.2, 0.25) is 0 Å². The fourth-order valence-electron chi connectivity index (χ4n) is 5.96. The molecule has 2 aliphatic heterocycles. The summed E-state index contributed by atoms with van der Waals surface area (Å²) in [5.74, 6) is -0.0912. The number of hydrogen-bond acceptors (Lipinski definition) is 4. The Morgan fingerprint density at radius 3 is 2.59 bits per heavy atom. The van der Waals surface area contributed by atoms with Crippen LogP contribution in [0.3, 0.4) is 0 Å². The number of benzene rings is 1. The monoisotopic (exact) mass is 470 g/mol. The minimum Gasteiger partial charge on any atom is -0.481 e. The number of aryl methyl sites for hydroxylation is 1. The number of nitrogens with zero attached hydrogens (tertiary/aromatic N) is 4. The molecule has 0 amide bonds. The molecule has 0 saturated carbocycles. The predicted molar refractivity (Wildman–Crippen MR) is 131 cm³/mol. The average molecular weight is 471 g/mol. The first-order chi connectivity index (χ1) is 16.4. The Hall–Kier alpha value is -2.25. The molecular weight excluding hydrogens is 431 g/mol. The zero-order valence-corrected chi connectivity index (χ0v) is 20.7. The number of halogens is 1. The van der Waals surface area contributed by atoms with Crippen molar-refractivity contribution in [1.82, 2.24) is 19.6 Å². The number of carboxylic acid groups (broad SMARTS) is 1. The van der Waals surface area contributed by atoms with E-state index in [0.29, 0.717) is 18.4 Å². The molecule has 0 aliphatic carbocycles. The summed E-state index contributed by atoms with van der Waals surface area (Å²) in [5.41, 5.74) is 2.38. The number of hydrogen-bond donors (Lipinski definition) is 1. The summed E-state index contributed by atoms with van der Waals surface area (Å²) in [4.78, 5) is 16.7. The SMILES string of the molecule is CCn1nccc1C1CCN(C[C@H]2CN(CC(C(=O)O)C(C)C)C[C@@H]2c2cccc(F)c2)CC1. The Bertz CT molecular complexity index is 954. The maximum absolute atomic E-state index is 14.1. The van der Waals surface area contributed by atoms with Gasteiger partial charge in [0, 0.05) is 56.5 Å². The van der Waals surface area contributed by atoms with Gasteiger partial charge in [-0.25, -0.2) is 4.39 Å². The fourth-order valence-corrected chi connectivity index (χ4v) is 5.96. The van der Waals surface area contributed by atoms with Gasteiger partial charge in [0.25, 0.3) is 0 Å². The Labute approximate surface area is 202 Å². The fraction of sp³-hybridized carbons (Fsp3) is 0.630. The summed E-state index contributed by atoms with van der Waals surface area (Å²) in [6, 6.07) is 9.14. The molecule has 7 heteroatoms. The second-order valence-corrected chi connectivity index (χ2v) is 10.5. The third kappa shape index (κ3) is 5.69. The molecule has 3 atom stereocenters. The average Bonchev–Trinajstić information content (AvgIpc) is 3.44. The van der Waals surface area contributed by atoms with E-state index in [9.17, 15) is 14.3 Å². The lowest BCUT2D eigenvalue weighted by atomic mass is 9.87. The molecule has 0 spiro atoms. The third-order valence-corrected chi connectivity index (χ3v) is 7.92. The minimum atomic E-state index is -0.728. The Morgan fingerprint density at radius 1 is 1.18 bits per heavy atom. The van der Waals surface area contributed by atoms with Gasteiger partial charge in [-0.3, -0.25) is 9.48 Å². The smallest absolute Gasteiger partial charge is 0.308 e. The van der Waals surface area contributed by atoms with Gasteiger partial charge in [-0.15, -0.1) is 0 Å².